The van der Waals surface area contributed by atoms with Gasteiger partial charge in [0.2, 0.25) is 0 Å². The molecule has 0 heterocycles. The summed E-state index contributed by atoms with van der Waals surface area (Å²) in [5.41, 5.74) is -0.659. The molecule has 1 N–H and O–H groups in total. The average molecular weight is 529 g/mol. The SMILES string of the molecule is C/C=C/C[C@H](C)[C@@H](OC)[C@@H](C)[C@@H](C[C@@H](O)[C@H](CC)C(=O)CC(=O)OC(C)(C)C)O[Si](C)(C)C(C)(C)C. The zero-order chi connectivity index (χ0) is 28.5. The molecule has 0 spiro atoms. The van der Waals surface area contributed by atoms with Crippen molar-refractivity contribution in [2.45, 2.75) is 137 Å². The van der Waals surface area contributed by atoms with E-state index in [2.05, 4.69) is 53.8 Å². The Kier molecular flexibility index (Phi) is 14.4. The summed E-state index contributed by atoms with van der Waals surface area (Å²) in [6.07, 6.45) is 4.21. The lowest BCUT2D eigenvalue weighted by Crippen LogP contribution is -2.49. The van der Waals surface area contributed by atoms with Gasteiger partial charge in [0.1, 0.15) is 17.8 Å². The van der Waals surface area contributed by atoms with Crippen LogP contribution in [0.1, 0.15) is 94.9 Å². The second-order valence-electron chi connectivity index (χ2n) is 12.8. The summed E-state index contributed by atoms with van der Waals surface area (Å²) in [6.45, 7) is 24.5. The third-order valence-electron chi connectivity index (χ3n) is 7.46. The molecule has 0 saturated carbocycles. The normalized spacial score (nSPS) is 18.4. The summed E-state index contributed by atoms with van der Waals surface area (Å²) in [4.78, 5) is 25.3. The standard InChI is InChI=1S/C29H56O6Si/c1-14-16-17-20(3)27(33-11)21(4)25(35-36(12,13)29(8,9)10)18-23(30)22(15-2)24(31)19-26(32)34-28(5,6)7/h14,16,20-23,25,27,30H,15,17-19H2,1-13H3/b16-14+/t20-,21-,22-,23+,25+,27+/m0/s1. The number of methoxy groups -OCH3 is 1. The fourth-order valence-electron chi connectivity index (χ4n) is 4.35. The zero-order valence-electron chi connectivity index (χ0n) is 25.4. The summed E-state index contributed by atoms with van der Waals surface area (Å²) in [7, 11) is -0.453. The molecule has 0 bridgehead atoms. The molecule has 0 aromatic rings. The van der Waals surface area contributed by atoms with Gasteiger partial charge in [0.25, 0.3) is 0 Å². The van der Waals surface area contributed by atoms with Crippen molar-refractivity contribution in [1.82, 2.24) is 0 Å². The van der Waals surface area contributed by atoms with Gasteiger partial charge >= 0.3 is 5.97 Å². The van der Waals surface area contributed by atoms with Crippen LogP contribution in [0.4, 0.5) is 0 Å². The highest BCUT2D eigenvalue weighted by atomic mass is 28.4. The Bertz CT molecular complexity index is 704. The number of hydrogen-bond donors (Lipinski definition) is 1. The minimum absolute atomic E-state index is 0.00232. The number of ketones is 1. The molecule has 0 aromatic heterocycles. The molecule has 212 valence electrons. The third kappa shape index (κ3) is 11.6. The van der Waals surface area contributed by atoms with Crippen molar-refractivity contribution < 1.29 is 28.6 Å². The Balaban J connectivity index is 5.90. The Morgan fingerprint density at radius 3 is 2.03 bits per heavy atom. The van der Waals surface area contributed by atoms with Gasteiger partial charge in [0, 0.05) is 18.9 Å². The second-order valence-corrected chi connectivity index (χ2v) is 17.6. The molecule has 6 atom stereocenters. The van der Waals surface area contributed by atoms with E-state index in [0.29, 0.717) is 12.8 Å². The number of aliphatic hydroxyl groups is 1. The number of hydrogen-bond acceptors (Lipinski definition) is 6. The van der Waals surface area contributed by atoms with E-state index in [1.165, 1.54) is 0 Å². The van der Waals surface area contributed by atoms with Gasteiger partial charge in [-0.05, 0) is 71.0 Å². The van der Waals surface area contributed by atoms with Crippen LogP contribution in [0, 0.1) is 17.8 Å². The van der Waals surface area contributed by atoms with E-state index in [1.54, 1.807) is 27.9 Å². The van der Waals surface area contributed by atoms with Crippen LogP contribution in [0.2, 0.25) is 18.1 Å². The lowest BCUT2D eigenvalue weighted by atomic mass is 9.82. The van der Waals surface area contributed by atoms with E-state index in [4.69, 9.17) is 13.9 Å². The van der Waals surface area contributed by atoms with Gasteiger partial charge in [-0.25, -0.2) is 0 Å². The van der Waals surface area contributed by atoms with Crippen molar-refractivity contribution in [3.8, 4) is 0 Å². The van der Waals surface area contributed by atoms with Gasteiger partial charge in [0.05, 0.1) is 18.3 Å². The second kappa shape index (κ2) is 14.8. The van der Waals surface area contributed by atoms with Crippen LogP contribution in [-0.4, -0.2) is 56.2 Å². The lowest BCUT2D eigenvalue weighted by Gasteiger charge is -2.43. The first-order chi connectivity index (χ1) is 16.3. The maximum atomic E-state index is 13.0. The molecule has 36 heavy (non-hydrogen) atoms. The smallest absolute Gasteiger partial charge is 0.313 e. The summed E-state index contributed by atoms with van der Waals surface area (Å²) < 4.78 is 18.2. The molecule has 0 rings (SSSR count). The Morgan fingerprint density at radius 1 is 1.06 bits per heavy atom. The largest absolute Gasteiger partial charge is 0.460 e. The van der Waals surface area contributed by atoms with Crippen molar-refractivity contribution >= 4 is 20.1 Å². The fraction of sp³-hybridized carbons (Fsp3) is 0.862. The van der Waals surface area contributed by atoms with Crippen molar-refractivity contribution in [3.63, 3.8) is 0 Å². The Morgan fingerprint density at radius 2 is 1.61 bits per heavy atom. The minimum atomic E-state index is -2.18. The predicted molar refractivity (Wildman–Crippen MR) is 150 cm³/mol. The number of rotatable bonds is 15. The molecule has 0 radical (unpaired) electrons. The van der Waals surface area contributed by atoms with Crippen molar-refractivity contribution in [2.24, 2.45) is 17.8 Å². The van der Waals surface area contributed by atoms with E-state index in [-0.39, 0.29) is 41.3 Å². The quantitative estimate of drug-likeness (QED) is 0.110. The number of allylic oxidation sites excluding steroid dienone is 2. The minimum Gasteiger partial charge on any atom is -0.460 e. The molecule has 0 aliphatic carbocycles. The fourth-order valence-corrected chi connectivity index (χ4v) is 5.78. The first-order valence-electron chi connectivity index (χ1n) is 13.6. The maximum absolute atomic E-state index is 13.0. The number of ether oxygens (including phenoxy) is 2. The van der Waals surface area contributed by atoms with Gasteiger partial charge in [-0.2, -0.15) is 0 Å². The van der Waals surface area contributed by atoms with E-state index in [9.17, 15) is 14.7 Å². The third-order valence-corrected chi connectivity index (χ3v) is 12.0. The number of carbonyl (C=O) groups is 2. The van der Waals surface area contributed by atoms with Crippen LogP contribution in [-0.2, 0) is 23.5 Å². The highest BCUT2D eigenvalue weighted by Crippen LogP contribution is 2.40. The van der Waals surface area contributed by atoms with Crippen molar-refractivity contribution in [3.05, 3.63) is 12.2 Å². The lowest BCUT2D eigenvalue weighted by molar-refractivity contribution is -0.157. The molecule has 0 unspecified atom stereocenters. The number of aliphatic hydroxyl groups excluding tert-OH is 1. The monoisotopic (exact) mass is 528 g/mol. The molecule has 0 fully saturated rings. The molecular weight excluding hydrogens is 472 g/mol. The number of carbonyl (C=O) groups excluding carboxylic acids is 2. The highest BCUT2D eigenvalue weighted by Gasteiger charge is 2.43. The van der Waals surface area contributed by atoms with E-state index < -0.39 is 31.9 Å². The Labute approximate surface area is 222 Å². The number of Topliss-reactive ketones (excluding diaryl/α,β-unsaturated/α-hetero) is 1. The molecule has 0 aliphatic rings. The molecule has 0 aromatic carbocycles. The molecule has 6 nitrogen and oxygen atoms in total. The van der Waals surface area contributed by atoms with Crippen LogP contribution in [0.3, 0.4) is 0 Å². The molecule has 7 heteroatoms. The molecule has 0 saturated heterocycles. The molecular formula is C29H56O6Si. The predicted octanol–water partition coefficient (Wildman–Crippen LogP) is 6.71. The van der Waals surface area contributed by atoms with Crippen molar-refractivity contribution in [2.75, 3.05) is 7.11 Å². The average Bonchev–Trinajstić information content (AvgIpc) is 2.70. The molecule has 0 amide bonds. The summed E-state index contributed by atoms with van der Waals surface area (Å²) in [5, 5.41) is 11.3. The summed E-state index contributed by atoms with van der Waals surface area (Å²) in [6, 6.07) is 0. The van der Waals surface area contributed by atoms with Crippen LogP contribution in [0.15, 0.2) is 12.2 Å². The van der Waals surface area contributed by atoms with Crippen LogP contribution in [0.25, 0.3) is 0 Å². The highest BCUT2D eigenvalue weighted by molar-refractivity contribution is 6.74. The van der Waals surface area contributed by atoms with Gasteiger partial charge in [-0.3, -0.25) is 9.59 Å². The van der Waals surface area contributed by atoms with Gasteiger partial charge < -0.3 is 19.0 Å². The van der Waals surface area contributed by atoms with E-state index >= 15 is 0 Å². The Hall–Kier alpha value is -1.02. The van der Waals surface area contributed by atoms with Gasteiger partial charge in [-0.15, -0.1) is 0 Å². The molecule has 0 aliphatic heterocycles. The van der Waals surface area contributed by atoms with Crippen LogP contribution < -0.4 is 0 Å². The van der Waals surface area contributed by atoms with E-state index in [0.717, 1.165) is 6.42 Å². The summed E-state index contributed by atoms with van der Waals surface area (Å²) >= 11 is 0. The zero-order valence-corrected chi connectivity index (χ0v) is 26.4. The number of esters is 1. The van der Waals surface area contributed by atoms with E-state index in [1.807, 2.05) is 19.9 Å². The first kappa shape index (κ1) is 35.0. The topological polar surface area (TPSA) is 82.1 Å². The first-order valence-corrected chi connectivity index (χ1v) is 16.5. The van der Waals surface area contributed by atoms with Gasteiger partial charge in [-0.1, -0.05) is 53.7 Å². The van der Waals surface area contributed by atoms with Crippen molar-refractivity contribution in [1.29, 1.82) is 0 Å². The summed E-state index contributed by atoms with van der Waals surface area (Å²) in [5.74, 6) is -1.24. The van der Waals surface area contributed by atoms with Gasteiger partial charge in [0.15, 0.2) is 8.32 Å². The maximum Gasteiger partial charge on any atom is 0.313 e. The van der Waals surface area contributed by atoms with Crippen LogP contribution in [0.5, 0.6) is 0 Å². The van der Waals surface area contributed by atoms with Crippen LogP contribution >= 0.6 is 0 Å².